The topological polar surface area (TPSA) is 0 Å². The first kappa shape index (κ1) is 15.5. The maximum atomic E-state index is 2.49. The van der Waals surface area contributed by atoms with Crippen molar-refractivity contribution >= 4 is 8.07 Å². The Bertz CT molecular complexity index is 686. The standard InChI is InChI=1S/C20H28NSi/c1-16-10-6-8-12-18(16)20-19-13-9-7-11-17(19)14-21(20,2)15-22(3,4)5/h6-13,20H,14-15H2,1-5H3/q+1/t20-,21-/m0/s1. The van der Waals surface area contributed by atoms with Gasteiger partial charge in [-0.25, -0.2) is 0 Å². The smallest absolute Gasteiger partial charge is 0.141 e. The van der Waals surface area contributed by atoms with Gasteiger partial charge in [0.15, 0.2) is 0 Å². The van der Waals surface area contributed by atoms with Crippen LogP contribution < -0.4 is 0 Å². The van der Waals surface area contributed by atoms with E-state index in [0.29, 0.717) is 6.04 Å². The fourth-order valence-corrected chi connectivity index (χ4v) is 6.85. The SMILES string of the molecule is Cc1ccccc1[C@H]1c2ccccc2C[N@@+]1(C)C[Si](C)(C)C. The second-order valence-electron chi connectivity index (χ2n) is 8.31. The van der Waals surface area contributed by atoms with Crippen molar-refractivity contribution in [1.82, 2.24) is 0 Å². The third-order valence-electron chi connectivity index (χ3n) is 4.82. The van der Waals surface area contributed by atoms with Crippen LogP contribution in [-0.2, 0) is 6.54 Å². The van der Waals surface area contributed by atoms with Crippen LogP contribution in [0.15, 0.2) is 48.5 Å². The lowest BCUT2D eigenvalue weighted by atomic mass is 9.94. The number of quaternary nitrogens is 1. The van der Waals surface area contributed by atoms with Crippen molar-refractivity contribution in [2.45, 2.75) is 39.2 Å². The number of benzene rings is 2. The van der Waals surface area contributed by atoms with E-state index in [1.54, 1.807) is 0 Å². The molecule has 0 radical (unpaired) electrons. The monoisotopic (exact) mass is 310 g/mol. The molecule has 116 valence electrons. The van der Waals surface area contributed by atoms with Crippen molar-refractivity contribution in [3.8, 4) is 0 Å². The van der Waals surface area contributed by atoms with E-state index in [2.05, 4.69) is 82.1 Å². The number of hydrogen-bond acceptors (Lipinski definition) is 0. The van der Waals surface area contributed by atoms with Crippen LogP contribution in [0, 0.1) is 6.92 Å². The van der Waals surface area contributed by atoms with Crippen molar-refractivity contribution in [3.63, 3.8) is 0 Å². The molecular weight excluding hydrogens is 282 g/mol. The Hall–Kier alpha value is -1.38. The highest BCUT2D eigenvalue weighted by molar-refractivity contribution is 6.76. The normalized spacial score (nSPS) is 24.3. The molecule has 0 N–H and O–H groups in total. The molecule has 0 aliphatic carbocycles. The molecule has 0 saturated carbocycles. The summed E-state index contributed by atoms with van der Waals surface area (Å²) in [5.74, 6) is 0. The lowest BCUT2D eigenvalue weighted by Gasteiger charge is -2.41. The molecule has 0 saturated heterocycles. The molecule has 2 atom stereocenters. The average molecular weight is 311 g/mol. The highest BCUT2D eigenvalue weighted by Gasteiger charge is 2.45. The van der Waals surface area contributed by atoms with E-state index in [0.717, 1.165) is 4.48 Å². The van der Waals surface area contributed by atoms with Gasteiger partial charge in [0.05, 0.1) is 13.2 Å². The Morgan fingerprint density at radius 2 is 1.55 bits per heavy atom. The van der Waals surface area contributed by atoms with E-state index in [9.17, 15) is 0 Å². The van der Waals surface area contributed by atoms with Gasteiger partial charge in [-0.15, -0.1) is 0 Å². The minimum Gasteiger partial charge on any atom is -0.316 e. The number of aryl methyl sites for hydroxylation is 1. The molecule has 0 amide bonds. The summed E-state index contributed by atoms with van der Waals surface area (Å²) >= 11 is 0. The third-order valence-corrected chi connectivity index (χ3v) is 6.49. The van der Waals surface area contributed by atoms with Crippen LogP contribution in [0.3, 0.4) is 0 Å². The summed E-state index contributed by atoms with van der Waals surface area (Å²) in [5, 5.41) is 0. The molecule has 0 aromatic heterocycles. The highest BCUT2D eigenvalue weighted by atomic mass is 28.3. The Morgan fingerprint density at radius 1 is 0.955 bits per heavy atom. The third kappa shape index (κ3) is 2.78. The first-order valence-corrected chi connectivity index (χ1v) is 12.0. The summed E-state index contributed by atoms with van der Waals surface area (Å²) in [6.07, 6.45) is 1.32. The quantitative estimate of drug-likeness (QED) is 0.557. The average Bonchev–Trinajstić information content (AvgIpc) is 2.68. The Labute approximate surface area is 136 Å². The molecule has 0 fully saturated rings. The first-order chi connectivity index (χ1) is 10.3. The molecule has 22 heavy (non-hydrogen) atoms. The molecule has 1 heterocycles. The van der Waals surface area contributed by atoms with Gasteiger partial charge in [0.1, 0.15) is 20.7 Å². The largest absolute Gasteiger partial charge is 0.316 e. The second-order valence-corrected chi connectivity index (χ2v) is 13.8. The summed E-state index contributed by atoms with van der Waals surface area (Å²) in [7, 11) is 1.31. The predicted molar refractivity (Wildman–Crippen MR) is 97.6 cm³/mol. The van der Waals surface area contributed by atoms with E-state index in [1.165, 1.54) is 35.0 Å². The molecule has 0 bridgehead atoms. The molecule has 2 aromatic carbocycles. The van der Waals surface area contributed by atoms with Crippen molar-refractivity contribution in [2.75, 3.05) is 13.2 Å². The van der Waals surface area contributed by atoms with Gasteiger partial charge < -0.3 is 4.48 Å². The van der Waals surface area contributed by atoms with Crippen LogP contribution in [0.2, 0.25) is 19.6 Å². The molecule has 0 unspecified atom stereocenters. The van der Waals surface area contributed by atoms with E-state index < -0.39 is 8.07 Å². The Morgan fingerprint density at radius 3 is 2.18 bits per heavy atom. The van der Waals surface area contributed by atoms with Crippen LogP contribution in [-0.4, -0.2) is 25.8 Å². The first-order valence-electron chi connectivity index (χ1n) is 8.28. The summed E-state index contributed by atoms with van der Waals surface area (Å²) in [4.78, 5) is 0. The summed E-state index contributed by atoms with van der Waals surface area (Å²) in [6.45, 7) is 10.9. The Kier molecular flexibility index (Phi) is 3.78. The molecular formula is C20H28NSi+. The van der Waals surface area contributed by atoms with E-state index >= 15 is 0 Å². The number of rotatable bonds is 3. The van der Waals surface area contributed by atoms with E-state index in [4.69, 9.17) is 0 Å². The zero-order valence-corrected chi connectivity index (χ0v) is 15.6. The van der Waals surface area contributed by atoms with Crippen molar-refractivity contribution in [3.05, 3.63) is 70.8 Å². The number of hydrogen-bond donors (Lipinski definition) is 0. The molecule has 2 aromatic rings. The van der Waals surface area contributed by atoms with E-state index in [-0.39, 0.29) is 0 Å². The van der Waals surface area contributed by atoms with Crippen LogP contribution in [0.25, 0.3) is 0 Å². The summed E-state index contributed by atoms with van der Waals surface area (Å²) in [5.41, 5.74) is 6.01. The Balaban J connectivity index is 2.14. The lowest BCUT2D eigenvalue weighted by Crippen LogP contribution is -2.52. The summed E-state index contributed by atoms with van der Waals surface area (Å²) in [6, 6.07) is 18.5. The van der Waals surface area contributed by atoms with Gasteiger partial charge in [-0.2, -0.15) is 0 Å². The maximum Gasteiger partial charge on any atom is 0.141 e. The van der Waals surface area contributed by atoms with Gasteiger partial charge in [-0.1, -0.05) is 68.2 Å². The maximum absolute atomic E-state index is 2.49. The van der Waals surface area contributed by atoms with Gasteiger partial charge in [0, 0.05) is 16.7 Å². The van der Waals surface area contributed by atoms with Gasteiger partial charge in [0.2, 0.25) is 0 Å². The fraction of sp³-hybridized carbons (Fsp3) is 0.400. The molecule has 1 aliphatic heterocycles. The van der Waals surface area contributed by atoms with Gasteiger partial charge >= 0.3 is 0 Å². The predicted octanol–water partition coefficient (Wildman–Crippen LogP) is 4.92. The van der Waals surface area contributed by atoms with Crippen molar-refractivity contribution < 1.29 is 4.48 Å². The van der Waals surface area contributed by atoms with Gasteiger partial charge in [-0.05, 0) is 12.5 Å². The zero-order valence-electron chi connectivity index (χ0n) is 14.6. The lowest BCUT2D eigenvalue weighted by molar-refractivity contribution is -0.930. The second kappa shape index (κ2) is 5.36. The highest BCUT2D eigenvalue weighted by Crippen LogP contribution is 2.44. The molecule has 3 rings (SSSR count). The molecule has 2 heteroatoms. The zero-order chi connectivity index (χ0) is 16.0. The van der Waals surface area contributed by atoms with Crippen LogP contribution in [0.5, 0.6) is 0 Å². The van der Waals surface area contributed by atoms with Crippen LogP contribution in [0.1, 0.15) is 28.3 Å². The molecule has 0 spiro atoms. The minimum atomic E-state index is -1.15. The minimum absolute atomic E-state index is 0.490. The molecule has 1 aliphatic rings. The fourth-order valence-electron chi connectivity index (χ4n) is 4.39. The van der Waals surface area contributed by atoms with Gasteiger partial charge in [0.25, 0.3) is 0 Å². The summed E-state index contributed by atoms with van der Waals surface area (Å²) < 4.78 is 1.14. The van der Waals surface area contributed by atoms with Crippen molar-refractivity contribution in [1.29, 1.82) is 0 Å². The van der Waals surface area contributed by atoms with Crippen LogP contribution in [0.4, 0.5) is 0 Å². The van der Waals surface area contributed by atoms with Gasteiger partial charge in [-0.3, -0.25) is 0 Å². The number of fused-ring (bicyclic) bond motifs is 1. The molecule has 1 nitrogen and oxygen atoms in total. The van der Waals surface area contributed by atoms with E-state index in [1.807, 2.05) is 0 Å². The van der Waals surface area contributed by atoms with Crippen molar-refractivity contribution in [2.24, 2.45) is 0 Å². The van der Waals surface area contributed by atoms with Crippen LogP contribution >= 0.6 is 0 Å². The number of nitrogens with zero attached hydrogens (tertiary/aromatic N) is 1.